The molecule has 0 aliphatic heterocycles. The van der Waals surface area contributed by atoms with Gasteiger partial charge in [-0.15, -0.1) is 0 Å². The van der Waals surface area contributed by atoms with Crippen LogP contribution in [-0.4, -0.2) is 22.6 Å². The fraction of sp³-hybridized carbons (Fsp3) is 0.643. The zero-order valence-electron chi connectivity index (χ0n) is 11.9. The molecule has 4 heteroatoms. The van der Waals surface area contributed by atoms with Crippen LogP contribution in [0.4, 0.5) is 0 Å². The molecule has 0 fully saturated rings. The van der Waals surface area contributed by atoms with Crippen LogP contribution in [0.3, 0.4) is 0 Å². The van der Waals surface area contributed by atoms with Crippen LogP contribution < -0.4 is 10.6 Å². The molecule has 0 atom stereocenters. The van der Waals surface area contributed by atoms with Crippen LogP contribution in [0.5, 0.6) is 0 Å². The number of nitrogens with zero attached hydrogens (tertiary/aromatic N) is 1. The van der Waals surface area contributed by atoms with Gasteiger partial charge in [-0.05, 0) is 25.5 Å². The van der Waals surface area contributed by atoms with E-state index in [9.17, 15) is 4.79 Å². The lowest BCUT2D eigenvalue weighted by molar-refractivity contribution is -0.121. The summed E-state index contributed by atoms with van der Waals surface area (Å²) >= 11 is 0. The average molecular weight is 251 g/mol. The first-order valence-corrected chi connectivity index (χ1v) is 6.64. The maximum absolute atomic E-state index is 11.5. The second-order valence-corrected chi connectivity index (χ2v) is 5.27. The Kier molecular flexibility index (Phi) is 5.92. The van der Waals surface area contributed by atoms with Crippen LogP contribution in [0, 0.1) is 0 Å². The van der Waals surface area contributed by atoms with Crippen LogP contribution in [0.25, 0.3) is 0 Å². The van der Waals surface area contributed by atoms with E-state index in [0.29, 0.717) is 12.5 Å². The van der Waals surface area contributed by atoms with E-state index in [1.165, 1.54) is 5.56 Å². The van der Waals surface area contributed by atoms with E-state index in [2.05, 4.69) is 41.3 Å². The Bertz CT molecular complexity index is 369. The summed E-state index contributed by atoms with van der Waals surface area (Å²) in [5.41, 5.74) is 1.26. The van der Waals surface area contributed by atoms with Crippen LogP contribution in [0.15, 0.2) is 18.5 Å². The van der Waals surface area contributed by atoms with Crippen molar-refractivity contribution in [1.82, 2.24) is 15.2 Å². The number of carbonyl (C=O) groups is 1. The molecule has 0 spiro atoms. The molecule has 0 bridgehead atoms. The molecule has 2 N–H and O–H groups in total. The number of nitrogens with one attached hydrogen (secondary N) is 2. The lowest BCUT2D eigenvalue weighted by atomic mass is 10.3. The van der Waals surface area contributed by atoms with Crippen molar-refractivity contribution in [2.45, 2.75) is 59.3 Å². The smallest absolute Gasteiger partial charge is 0.221 e. The first-order valence-electron chi connectivity index (χ1n) is 6.64. The molecule has 0 unspecified atom stereocenters. The Morgan fingerprint density at radius 2 is 2.00 bits per heavy atom. The van der Waals surface area contributed by atoms with E-state index in [1.54, 1.807) is 0 Å². The van der Waals surface area contributed by atoms with Gasteiger partial charge in [0, 0.05) is 44.0 Å². The topological polar surface area (TPSA) is 46.1 Å². The molecule has 0 aromatic carbocycles. The van der Waals surface area contributed by atoms with Crippen molar-refractivity contribution < 1.29 is 4.79 Å². The van der Waals surface area contributed by atoms with Gasteiger partial charge in [-0.3, -0.25) is 4.79 Å². The van der Waals surface area contributed by atoms with E-state index in [1.807, 2.05) is 20.0 Å². The molecule has 0 aliphatic carbocycles. The molecule has 1 aromatic heterocycles. The Balaban J connectivity index is 2.33. The summed E-state index contributed by atoms with van der Waals surface area (Å²) in [5.74, 6) is 0.112. The van der Waals surface area contributed by atoms with Crippen molar-refractivity contribution in [3.63, 3.8) is 0 Å². The van der Waals surface area contributed by atoms with Gasteiger partial charge < -0.3 is 15.2 Å². The molecule has 4 nitrogen and oxygen atoms in total. The number of carbonyl (C=O) groups excluding carboxylic acids is 1. The molecule has 1 aromatic rings. The zero-order valence-corrected chi connectivity index (χ0v) is 11.9. The van der Waals surface area contributed by atoms with Gasteiger partial charge >= 0.3 is 0 Å². The monoisotopic (exact) mass is 251 g/mol. The van der Waals surface area contributed by atoms with Gasteiger partial charge in [-0.2, -0.15) is 0 Å². The highest BCUT2D eigenvalue weighted by atomic mass is 16.1. The second-order valence-electron chi connectivity index (χ2n) is 5.27. The Morgan fingerprint density at radius 1 is 1.28 bits per heavy atom. The Morgan fingerprint density at radius 3 is 2.61 bits per heavy atom. The van der Waals surface area contributed by atoms with Crippen molar-refractivity contribution in [1.29, 1.82) is 0 Å². The molecule has 0 saturated heterocycles. The van der Waals surface area contributed by atoms with E-state index in [-0.39, 0.29) is 11.9 Å². The van der Waals surface area contributed by atoms with Crippen LogP contribution >= 0.6 is 0 Å². The maximum Gasteiger partial charge on any atom is 0.221 e. The fourth-order valence-electron chi connectivity index (χ4n) is 1.68. The van der Waals surface area contributed by atoms with Crippen molar-refractivity contribution in [3.05, 3.63) is 24.0 Å². The number of rotatable bonds is 7. The number of aromatic nitrogens is 1. The zero-order chi connectivity index (χ0) is 13.5. The minimum Gasteiger partial charge on any atom is -0.354 e. The SMILES string of the molecule is CC(C)NCc1ccn(CCC(=O)NC(C)C)c1. The highest BCUT2D eigenvalue weighted by Gasteiger charge is 2.04. The summed E-state index contributed by atoms with van der Waals surface area (Å²) in [6.07, 6.45) is 4.65. The average Bonchev–Trinajstić information content (AvgIpc) is 2.70. The third kappa shape index (κ3) is 5.87. The van der Waals surface area contributed by atoms with Gasteiger partial charge in [0.05, 0.1) is 0 Å². The summed E-state index contributed by atoms with van der Waals surface area (Å²) in [7, 11) is 0. The molecule has 1 amide bonds. The summed E-state index contributed by atoms with van der Waals surface area (Å²) in [5, 5.41) is 6.27. The quantitative estimate of drug-likeness (QED) is 0.777. The predicted octanol–water partition coefficient (Wildman–Crippen LogP) is 1.90. The minimum atomic E-state index is 0.112. The van der Waals surface area contributed by atoms with Gasteiger partial charge in [-0.25, -0.2) is 0 Å². The standard InChI is InChI=1S/C14H25N3O/c1-11(2)15-9-13-5-7-17(10-13)8-6-14(18)16-12(3)4/h5,7,10-12,15H,6,8-9H2,1-4H3,(H,16,18). The first kappa shape index (κ1) is 14.8. The number of hydrogen-bond acceptors (Lipinski definition) is 2. The molecule has 0 aliphatic rings. The molecule has 102 valence electrons. The van der Waals surface area contributed by atoms with Crippen LogP contribution in [-0.2, 0) is 17.9 Å². The van der Waals surface area contributed by atoms with E-state index >= 15 is 0 Å². The van der Waals surface area contributed by atoms with E-state index in [0.717, 1.165) is 13.1 Å². The van der Waals surface area contributed by atoms with Crippen LogP contribution in [0.1, 0.15) is 39.7 Å². The minimum absolute atomic E-state index is 0.112. The third-order valence-corrected chi connectivity index (χ3v) is 2.57. The summed E-state index contributed by atoms with van der Waals surface area (Å²) in [4.78, 5) is 11.5. The van der Waals surface area contributed by atoms with Crippen molar-refractivity contribution in [2.24, 2.45) is 0 Å². The Labute approximate surface area is 110 Å². The second kappa shape index (κ2) is 7.21. The van der Waals surface area contributed by atoms with Crippen molar-refractivity contribution in [2.75, 3.05) is 0 Å². The van der Waals surface area contributed by atoms with Gasteiger partial charge in [0.15, 0.2) is 0 Å². The van der Waals surface area contributed by atoms with E-state index in [4.69, 9.17) is 0 Å². The lowest BCUT2D eigenvalue weighted by Gasteiger charge is -2.08. The number of amides is 1. The molecule has 1 heterocycles. The van der Waals surface area contributed by atoms with Crippen LogP contribution in [0.2, 0.25) is 0 Å². The molecule has 18 heavy (non-hydrogen) atoms. The molecular weight excluding hydrogens is 226 g/mol. The summed E-state index contributed by atoms with van der Waals surface area (Å²) in [6.45, 7) is 9.83. The van der Waals surface area contributed by atoms with Gasteiger partial charge in [0.25, 0.3) is 0 Å². The molecular formula is C14H25N3O. The van der Waals surface area contributed by atoms with Crippen molar-refractivity contribution in [3.8, 4) is 0 Å². The maximum atomic E-state index is 11.5. The van der Waals surface area contributed by atoms with Gasteiger partial charge in [-0.1, -0.05) is 13.8 Å². The van der Waals surface area contributed by atoms with Gasteiger partial charge in [0.1, 0.15) is 0 Å². The first-order chi connectivity index (χ1) is 8.47. The number of aryl methyl sites for hydroxylation is 1. The Hall–Kier alpha value is -1.29. The summed E-state index contributed by atoms with van der Waals surface area (Å²) in [6, 6.07) is 2.80. The normalized spacial score (nSPS) is 11.2. The lowest BCUT2D eigenvalue weighted by Crippen LogP contribution is -2.30. The van der Waals surface area contributed by atoms with Crippen molar-refractivity contribution >= 4 is 5.91 Å². The largest absolute Gasteiger partial charge is 0.354 e. The third-order valence-electron chi connectivity index (χ3n) is 2.57. The molecule has 1 rings (SSSR count). The highest BCUT2D eigenvalue weighted by Crippen LogP contribution is 2.02. The highest BCUT2D eigenvalue weighted by molar-refractivity contribution is 5.76. The molecule has 0 radical (unpaired) electrons. The summed E-state index contributed by atoms with van der Waals surface area (Å²) < 4.78 is 2.07. The number of hydrogen-bond donors (Lipinski definition) is 2. The van der Waals surface area contributed by atoms with Gasteiger partial charge in [0.2, 0.25) is 5.91 Å². The molecule has 0 saturated carbocycles. The predicted molar refractivity (Wildman–Crippen MR) is 74.3 cm³/mol. The van der Waals surface area contributed by atoms with E-state index < -0.39 is 0 Å². The fourth-order valence-corrected chi connectivity index (χ4v) is 1.68.